The maximum Gasteiger partial charge on any atom is 0.281 e. The molecule has 4 heterocycles. The first-order valence-corrected chi connectivity index (χ1v) is 13.1. The van der Waals surface area contributed by atoms with Crippen LogP contribution in [0, 0.1) is 5.92 Å². The van der Waals surface area contributed by atoms with Gasteiger partial charge in [0, 0.05) is 43.1 Å². The van der Waals surface area contributed by atoms with E-state index in [0.717, 1.165) is 6.42 Å². The van der Waals surface area contributed by atoms with Crippen LogP contribution in [0.2, 0.25) is 0 Å². The topological polar surface area (TPSA) is 140 Å². The third kappa shape index (κ3) is 5.25. The van der Waals surface area contributed by atoms with Gasteiger partial charge in [0.05, 0.1) is 12.2 Å². The highest BCUT2D eigenvalue weighted by Gasteiger charge is 2.39. The number of sulfonamides is 1. The van der Waals surface area contributed by atoms with Gasteiger partial charge in [-0.1, -0.05) is 13.0 Å². The SMILES string of the molecule is CCOc1ccc(-c2cnc(N3CC(C)CC3(C)C)c(C(=O)NS(=O)(=O)c3cccc(N)n3)c2)cn1.[HH]. The zero-order valence-corrected chi connectivity index (χ0v) is 21.5. The Bertz CT molecular complexity index is 1380. The maximum absolute atomic E-state index is 13.5. The minimum atomic E-state index is -4.27. The number of aromatic nitrogens is 3. The lowest BCUT2D eigenvalue weighted by Crippen LogP contribution is -2.41. The summed E-state index contributed by atoms with van der Waals surface area (Å²) in [7, 11) is -4.27. The van der Waals surface area contributed by atoms with Gasteiger partial charge in [0.25, 0.3) is 15.9 Å². The van der Waals surface area contributed by atoms with Crippen molar-refractivity contribution in [2.75, 3.05) is 23.8 Å². The number of hydrogen-bond acceptors (Lipinski definition) is 9. The van der Waals surface area contributed by atoms with Crippen LogP contribution < -0.4 is 20.1 Å². The molecule has 1 fully saturated rings. The van der Waals surface area contributed by atoms with Gasteiger partial charge >= 0.3 is 0 Å². The summed E-state index contributed by atoms with van der Waals surface area (Å²) in [5, 5.41) is -0.340. The first-order valence-electron chi connectivity index (χ1n) is 11.7. The second kappa shape index (κ2) is 9.73. The average Bonchev–Trinajstić information content (AvgIpc) is 3.10. The van der Waals surface area contributed by atoms with E-state index >= 15 is 0 Å². The number of ether oxygens (including phenoxy) is 1. The van der Waals surface area contributed by atoms with Crippen molar-refractivity contribution in [1.29, 1.82) is 0 Å². The monoisotopic (exact) mass is 512 g/mol. The third-order valence-corrected chi connectivity index (χ3v) is 7.28. The molecule has 10 nitrogen and oxygen atoms in total. The van der Waals surface area contributed by atoms with Crippen LogP contribution in [-0.4, -0.2) is 48.0 Å². The molecular formula is C25H32N6O4S. The fourth-order valence-corrected chi connectivity index (χ4v) is 5.49. The third-order valence-electron chi connectivity index (χ3n) is 6.05. The summed E-state index contributed by atoms with van der Waals surface area (Å²) in [5.74, 6) is 0.508. The van der Waals surface area contributed by atoms with E-state index in [-0.39, 0.29) is 23.4 Å². The summed E-state index contributed by atoms with van der Waals surface area (Å²) in [6.07, 6.45) is 4.20. The highest BCUT2D eigenvalue weighted by Crippen LogP contribution is 2.38. The number of nitrogens with two attached hydrogens (primary N) is 1. The smallest absolute Gasteiger partial charge is 0.281 e. The molecule has 3 N–H and O–H groups in total. The first kappa shape index (κ1) is 25.4. The summed E-state index contributed by atoms with van der Waals surface area (Å²) in [4.78, 5) is 28.3. The Labute approximate surface area is 212 Å². The molecule has 1 atom stereocenters. The van der Waals surface area contributed by atoms with Crippen LogP contribution in [0.5, 0.6) is 5.88 Å². The van der Waals surface area contributed by atoms with Crippen molar-refractivity contribution in [3.63, 3.8) is 0 Å². The molecule has 0 radical (unpaired) electrons. The Kier molecular flexibility index (Phi) is 6.85. The van der Waals surface area contributed by atoms with E-state index in [4.69, 9.17) is 10.5 Å². The number of nitrogen functional groups attached to an aromatic ring is 1. The van der Waals surface area contributed by atoms with Crippen LogP contribution in [0.25, 0.3) is 11.1 Å². The molecule has 0 saturated carbocycles. The van der Waals surface area contributed by atoms with Gasteiger partial charge in [-0.15, -0.1) is 0 Å². The molecule has 0 bridgehead atoms. The van der Waals surface area contributed by atoms with Crippen molar-refractivity contribution in [1.82, 2.24) is 19.7 Å². The fraction of sp³-hybridized carbons (Fsp3) is 0.360. The molecule has 1 aliphatic rings. The summed E-state index contributed by atoms with van der Waals surface area (Å²) < 4.78 is 33.4. The molecule has 1 aliphatic heterocycles. The van der Waals surface area contributed by atoms with Crippen molar-refractivity contribution >= 4 is 27.6 Å². The van der Waals surface area contributed by atoms with Gasteiger partial charge in [-0.05, 0) is 57.4 Å². The molecule has 3 aromatic rings. The van der Waals surface area contributed by atoms with Gasteiger partial charge in [-0.2, -0.15) is 8.42 Å². The summed E-state index contributed by atoms with van der Waals surface area (Å²) >= 11 is 0. The lowest BCUT2D eigenvalue weighted by atomic mass is 9.97. The number of rotatable bonds is 7. The minimum Gasteiger partial charge on any atom is -0.478 e. The van der Waals surface area contributed by atoms with Crippen LogP contribution in [0.3, 0.4) is 0 Å². The number of nitrogens with one attached hydrogen (secondary N) is 1. The molecule has 36 heavy (non-hydrogen) atoms. The van der Waals surface area contributed by atoms with Crippen LogP contribution in [0.1, 0.15) is 45.9 Å². The summed E-state index contributed by atoms with van der Waals surface area (Å²) in [6.45, 7) is 9.35. The Morgan fingerprint density at radius 2 is 1.97 bits per heavy atom. The van der Waals surface area contributed by atoms with E-state index in [1.165, 1.54) is 18.2 Å². The minimum absolute atomic E-state index is 0. The van der Waals surface area contributed by atoms with Crippen LogP contribution >= 0.6 is 0 Å². The normalized spacial score (nSPS) is 17.1. The Morgan fingerprint density at radius 1 is 1.22 bits per heavy atom. The molecule has 3 aromatic heterocycles. The molecule has 0 aromatic carbocycles. The van der Waals surface area contributed by atoms with Crippen molar-refractivity contribution in [3.8, 4) is 17.0 Å². The summed E-state index contributed by atoms with van der Waals surface area (Å²) in [5.41, 5.74) is 6.83. The lowest BCUT2D eigenvalue weighted by Gasteiger charge is -2.33. The number of carbonyl (C=O) groups is 1. The molecule has 11 heteroatoms. The second-order valence-electron chi connectivity index (χ2n) is 9.48. The maximum atomic E-state index is 13.5. The largest absolute Gasteiger partial charge is 0.478 e. The summed E-state index contributed by atoms with van der Waals surface area (Å²) in [6, 6.07) is 9.38. The highest BCUT2D eigenvalue weighted by molar-refractivity contribution is 7.90. The highest BCUT2D eigenvalue weighted by atomic mass is 32.2. The number of anilines is 2. The average molecular weight is 513 g/mol. The van der Waals surface area contributed by atoms with Crippen molar-refractivity contribution in [3.05, 3.63) is 54.4 Å². The van der Waals surface area contributed by atoms with Gasteiger partial charge in [-0.3, -0.25) is 4.79 Å². The van der Waals surface area contributed by atoms with E-state index in [0.29, 0.717) is 41.9 Å². The molecule has 0 aliphatic carbocycles. The van der Waals surface area contributed by atoms with Crippen molar-refractivity contribution in [2.24, 2.45) is 5.92 Å². The van der Waals surface area contributed by atoms with Gasteiger partial charge in [0.1, 0.15) is 11.6 Å². The van der Waals surface area contributed by atoms with Gasteiger partial charge in [0.2, 0.25) is 5.88 Å². The molecule has 1 amide bonds. The standard InChI is InChI=1S/C25H30N6O4S.H2/c1-5-35-21-10-9-17(13-27-21)18-11-19(23(28-14-18)31-15-16(2)12-25(31,3)4)24(32)30-36(33,34)22-8-6-7-20(26)29-22;/h6-11,13-14,16H,5,12,15H2,1-4H3,(H2,26,29)(H,30,32);1H. The van der Waals surface area contributed by atoms with E-state index in [9.17, 15) is 13.2 Å². The van der Waals surface area contributed by atoms with Crippen molar-refractivity contribution < 1.29 is 19.4 Å². The number of nitrogens with zero attached hydrogens (tertiary/aromatic N) is 4. The van der Waals surface area contributed by atoms with E-state index in [2.05, 4.69) is 45.3 Å². The second-order valence-corrected chi connectivity index (χ2v) is 11.1. The van der Waals surface area contributed by atoms with E-state index < -0.39 is 15.9 Å². The number of pyridine rings is 3. The van der Waals surface area contributed by atoms with Gasteiger partial charge in [-0.25, -0.2) is 19.7 Å². The van der Waals surface area contributed by atoms with Gasteiger partial charge < -0.3 is 15.4 Å². The van der Waals surface area contributed by atoms with Crippen LogP contribution in [-0.2, 0) is 10.0 Å². The number of carbonyl (C=O) groups excluding carboxylic acids is 1. The fourth-order valence-electron chi connectivity index (χ4n) is 4.55. The molecule has 1 unspecified atom stereocenters. The lowest BCUT2D eigenvalue weighted by molar-refractivity contribution is 0.0981. The van der Waals surface area contributed by atoms with Crippen molar-refractivity contribution in [2.45, 2.75) is 44.7 Å². The molecule has 0 spiro atoms. The van der Waals surface area contributed by atoms with Crippen LogP contribution in [0.15, 0.2) is 53.8 Å². The van der Waals surface area contributed by atoms with E-state index in [1.807, 2.05) is 13.0 Å². The Balaban J connectivity index is 0.00000380. The number of hydrogen-bond donors (Lipinski definition) is 2. The molecule has 4 rings (SSSR count). The predicted octanol–water partition coefficient (Wildman–Crippen LogP) is 3.51. The Hall–Kier alpha value is -3.73. The van der Waals surface area contributed by atoms with E-state index in [1.54, 1.807) is 24.5 Å². The molecular weight excluding hydrogens is 480 g/mol. The number of amides is 1. The van der Waals surface area contributed by atoms with Gasteiger partial charge in [0.15, 0.2) is 5.03 Å². The van der Waals surface area contributed by atoms with Crippen LogP contribution in [0.4, 0.5) is 11.6 Å². The molecule has 192 valence electrons. The quantitative estimate of drug-likeness (QED) is 0.486. The molecule has 1 saturated heterocycles. The predicted molar refractivity (Wildman–Crippen MR) is 139 cm³/mol. The Morgan fingerprint density at radius 3 is 2.58 bits per heavy atom. The zero-order valence-electron chi connectivity index (χ0n) is 20.7. The first-order chi connectivity index (χ1) is 17.0. The zero-order chi connectivity index (χ0) is 26.1.